The van der Waals surface area contributed by atoms with Crippen molar-refractivity contribution in [2.45, 2.75) is 284 Å². The van der Waals surface area contributed by atoms with Crippen LogP contribution in [0.3, 0.4) is 0 Å². The topological polar surface area (TPSA) is 78.9 Å². The van der Waals surface area contributed by atoms with E-state index in [2.05, 4.69) is 106 Å². The first-order chi connectivity index (χ1) is 34.0. The lowest BCUT2D eigenvalue weighted by Gasteiger charge is -2.18. The molecule has 0 fully saturated rings. The van der Waals surface area contributed by atoms with Crippen molar-refractivity contribution >= 4 is 17.9 Å². The van der Waals surface area contributed by atoms with Crippen LogP contribution in [0.5, 0.6) is 0 Å². The fraction of sp³-hybridized carbons (Fsp3) is 0.730. The maximum atomic E-state index is 12.9. The van der Waals surface area contributed by atoms with Gasteiger partial charge in [0.05, 0.1) is 0 Å². The lowest BCUT2D eigenvalue weighted by atomic mass is 10.1. The highest BCUT2D eigenvalue weighted by Gasteiger charge is 2.19. The van der Waals surface area contributed by atoms with Crippen LogP contribution in [0, 0.1) is 0 Å². The Balaban J connectivity index is 4.43. The van der Waals surface area contributed by atoms with Gasteiger partial charge in [-0.1, -0.05) is 228 Å². The SMILES string of the molecule is CC/C=C\C/C=C\C/C=C\C/C=C\CCCCCCCCC(=O)OCC(COC(=O)CCCCCCC/C=C\CCCCCCCC)OC(=O)CCCCCCCCC/C=C\C/C=C\CCCCC. The summed E-state index contributed by atoms with van der Waals surface area (Å²) in [5.41, 5.74) is 0. The molecule has 0 heterocycles. The number of ether oxygens (including phenoxy) is 3. The zero-order chi connectivity index (χ0) is 50.0. The van der Waals surface area contributed by atoms with Gasteiger partial charge in [-0.15, -0.1) is 0 Å². The first-order valence-electron chi connectivity index (χ1n) is 29.1. The summed E-state index contributed by atoms with van der Waals surface area (Å²) in [5.74, 6) is -0.912. The van der Waals surface area contributed by atoms with E-state index < -0.39 is 6.10 Å². The standard InChI is InChI=1S/C63H108O6/c1-4-7-10-13-16-19-22-25-28-30-31-33-35-38-41-44-47-50-53-56-62(65)68-59-60(58-67-61(64)55-52-49-46-43-40-37-34-27-24-21-18-15-12-9-6-3)69-63(66)57-54-51-48-45-42-39-36-32-29-26-23-20-17-14-11-8-5-2/h7,10,16-17,19-20,25-29,31,33-34,60H,4-6,8-9,11-15,18,21-24,30,32,35-59H2,1-3H3/b10-7-,19-16-,20-17-,28-25-,29-26-,33-31-,34-27-. The summed E-state index contributed by atoms with van der Waals surface area (Å²) < 4.78 is 16.9. The molecule has 0 aliphatic rings. The van der Waals surface area contributed by atoms with E-state index in [0.717, 1.165) is 109 Å². The molecule has 0 N–H and O–H groups in total. The molecule has 0 aliphatic heterocycles. The van der Waals surface area contributed by atoms with Crippen molar-refractivity contribution in [1.29, 1.82) is 0 Å². The first-order valence-corrected chi connectivity index (χ1v) is 29.1. The fourth-order valence-electron chi connectivity index (χ4n) is 7.99. The van der Waals surface area contributed by atoms with Crippen LogP contribution in [0.15, 0.2) is 85.1 Å². The van der Waals surface area contributed by atoms with Crippen LogP contribution in [-0.4, -0.2) is 37.2 Å². The van der Waals surface area contributed by atoms with E-state index in [0.29, 0.717) is 19.3 Å². The van der Waals surface area contributed by atoms with Crippen molar-refractivity contribution in [1.82, 2.24) is 0 Å². The Kier molecular flexibility index (Phi) is 54.3. The van der Waals surface area contributed by atoms with E-state index in [1.807, 2.05) is 0 Å². The molecule has 0 saturated carbocycles. The Labute approximate surface area is 426 Å². The third kappa shape index (κ3) is 55.4. The average molecular weight is 962 g/mol. The van der Waals surface area contributed by atoms with Gasteiger partial charge in [-0.05, 0) is 116 Å². The summed E-state index contributed by atoms with van der Waals surface area (Å²) in [6, 6.07) is 0. The van der Waals surface area contributed by atoms with Crippen LogP contribution >= 0.6 is 0 Å². The molecule has 0 bridgehead atoms. The van der Waals surface area contributed by atoms with E-state index in [4.69, 9.17) is 14.2 Å². The molecular weight excluding hydrogens is 853 g/mol. The highest BCUT2D eigenvalue weighted by atomic mass is 16.6. The average Bonchev–Trinajstić information content (AvgIpc) is 3.35. The third-order valence-electron chi connectivity index (χ3n) is 12.4. The number of hydrogen-bond donors (Lipinski definition) is 0. The van der Waals surface area contributed by atoms with E-state index >= 15 is 0 Å². The first kappa shape index (κ1) is 65.6. The van der Waals surface area contributed by atoms with Crippen molar-refractivity contribution in [3.63, 3.8) is 0 Å². The molecule has 1 unspecified atom stereocenters. The maximum absolute atomic E-state index is 12.9. The normalized spacial score (nSPS) is 12.7. The fourth-order valence-corrected chi connectivity index (χ4v) is 7.99. The van der Waals surface area contributed by atoms with E-state index in [1.54, 1.807) is 0 Å². The van der Waals surface area contributed by atoms with Gasteiger partial charge in [0.2, 0.25) is 0 Å². The lowest BCUT2D eigenvalue weighted by Crippen LogP contribution is -2.30. The van der Waals surface area contributed by atoms with Crippen LogP contribution in [-0.2, 0) is 28.6 Å². The van der Waals surface area contributed by atoms with Crippen LogP contribution < -0.4 is 0 Å². The predicted molar refractivity (Wildman–Crippen MR) is 297 cm³/mol. The minimum atomic E-state index is -0.791. The number of rotatable bonds is 52. The Morgan fingerprint density at radius 2 is 0.565 bits per heavy atom. The van der Waals surface area contributed by atoms with E-state index in [-0.39, 0.29) is 31.1 Å². The third-order valence-corrected chi connectivity index (χ3v) is 12.4. The summed E-state index contributed by atoms with van der Waals surface area (Å²) in [6.07, 6.45) is 74.2. The zero-order valence-electron chi connectivity index (χ0n) is 45.3. The number of carbonyl (C=O) groups is 3. The second-order valence-corrected chi connectivity index (χ2v) is 19.2. The van der Waals surface area contributed by atoms with Crippen molar-refractivity contribution in [2.75, 3.05) is 13.2 Å². The summed E-state index contributed by atoms with van der Waals surface area (Å²) >= 11 is 0. The molecule has 0 amide bonds. The van der Waals surface area contributed by atoms with Crippen LogP contribution in [0.1, 0.15) is 278 Å². The van der Waals surface area contributed by atoms with Gasteiger partial charge in [-0.25, -0.2) is 0 Å². The molecular formula is C63H108O6. The molecule has 1 atom stereocenters. The molecule has 396 valence electrons. The molecule has 69 heavy (non-hydrogen) atoms. The molecule has 0 saturated heterocycles. The molecule has 0 aliphatic carbocycles. The zero-order valence-corrected chi connectivity index (χ0v) is 45.3. The Hall–Kier alpha value is -3.41. The molecule has 6 heteroatoms. The summed E-state index contributed by atoms with van der Waals surface area (Å²) in [5, 5.41) is 0. The van der Waals surface area contributed by atoms with Gasteiger partial charge in [-0.3, -0.25) is 14.4 Å². The van der Waals surface area contributed by atoms with E-state index in [1.165, 1.54) is 128 Å². The van der Waals surface area contributed by atoms with Crippen LogP contribution in [0.2, 0.25) is 0 Å². The molecule has 0 radical (unpaired) electrons. The van der Waals surface area contributed by atoms with Crippen LogP contribution in [0.4, 0.5) is 0 Å². The predicted octanol–water partition coefficient (Wildman–Crippen LogP) is 19.5. The quantitative estimate of drug-likeness (QED) is 0.0262. The highest BCUT2D eigenvalue weighted by molar-refractivity contribution is 5.71. The van der Waals surface area contributed by atoms with Gasteiger partial charge in [0, 0.05) is 19.3 Å². The lowest BCUT2D eigenvalue weighted by molar-refractivity contribution is -0.167. The van der Waals surface area contributed by atoms with Gasteiger partial charge in [-0.2, -0.15) is 0 Å². The minimum absolute atomic E-state index is 0.0885. The number of carbonyl (C=O) groups excluding carboxylic acids is 3. The van der Waals surface area contributed by atoms with Crippen molar-refractivity contribution < 1.29 is 28.6 Å². The van der Waals surface area contributed by atoms with Gasteiger partial charge < -0.3 is 14.2 Å². The van der Waals surface area contributed by atoms with Gasteiger partial charge in [0.25, 0.3) is 0 Å². The van der Waals surface area contributed by atoms with Crippen molar-refractivity contribution in [2.24, 2.45) is 0 Å². The molecule has 0 aromatic rings. The number of unbranched alkanes of at least 4 members (excludes halogenated alkanes) is 27. The summed E-state index contributed by atoms with van der Waals surface area (Å²) in [7, 11) is 0. The van der Waals surface area contributed by atoms with Crippen LogP contribution in [0.25, 0.3) is 0 Å². The second-order valence-electron chi connectivity index (χ2n) is 19.2. The summed E-state index contributed by atoms with van der Waals surface area (Å²) in [4.78, 5) is 38.2. The minimum Gasteiger partial charge on any atom is -0.462 e. The smallest absolute Gasteiger partial charge is 0.306 e. The monoisotopic (exact) mass is 961 g/mol. The largest absolute Gasteiger partial charge is 0.462 e. The van der Waals surface area contributed by atoms with Crippen molar-refractivity contribution in [3.05, 3.63) is 85.1 Å². The Morgan fingerprint density at radius 3 is 0.928 bits per heavy atom. The molecule has 6 nitrogen and oxygen atoms in total. The molecule has 0 aromatic heterocycles. The number of allylic oxidation sites excluding steroid dienone is 14. The Morgan fingerprint density at radius 1 is 0.304 bits per heavy atom. The molecule has 0 aromatic carbocycles. The number of hydrogen-bond acceptors (Lipinski definition) is 6. The van der Waals surface area contributed by atoms with Gasteiger partial charge in [0.15, 0.2) is 6.10 Å². The second kappa shape index (κ2) is 57.2. The molecule has 0 rings (SSSR count). The molecule has 0 spiro atoms. The summed E-state index contributed by atoms with van der Waals surface area (Å²) in [6.45, 7) is 6.49. The van der Waals surface area contributed by atoms with Gasteiger partial charge >= 0.3 is 17.9 Å². The van der Waals surface area contributed by atoms with Gasteiger partial charge in [0.1, 0.15) is 13.2 Å². The van der Waals surface area contributed by atoms with E-state index in [9.17, 15) is 14.4 Å². The highest BCUT2D eigenvalue weighted by Crippen LogP contribution is 2.15. The number of esters is 3. The van der Waals surface area contributed by atoms with Crippen molar-refractivity contribution in [3.8, 4) is 0 Å². The maximum Gasteiger partial charge on any atom is 0.306 e. The Bertz CT molecular complexity index is 1330.